The Morgan fingerprint density at radius 1 is 1.00 bits per heavy atom. The number of hydrogen-bond acceptors (Lipinski definition) is 2. The maximum Gasteiger partial charge on any atom is 0.239 e. The molecular weight excluding hydrogens is 359 g/mol. The van der Waals surface area contributed by atoms with E-state index < -0.39 is 11.3 Å². The Morgan fingerprint density at radius 2 is 1.64 bits per heavy atom. The summed E-state index contributed by atoms with van der Waals surface area (Å²) in [5.41, 5.74) is 1.22. The highest BCUT2D eigenvalue weighted by molar-refractivity contribution is 6.35. The Hall–Kier alpha value is -2.04. The van der Waals surface area contributed by atoms with Gasteiger partial charge in [-0.2, -0.15) is 0 Å². The lowest BCUT2D eigenvalue weighted by Crippen LogP contribution is -2.44. The molecule has 0 unspecified atom stereocenters. The van der Waals surface area contributed by atoms with Crippen LogP contribution < -0.4 is 10.6 Å². The third-order valence-corrected chi connectivity index (χ3v) is 4.45. The van der Waals surface area contributed by atoms with Crippen molar-refractivity contribution in [3.63, 3.8) is 0 Å². The van der Waals surface area contributed by atoms with E-state index in [1.165, 1.54) is 0 Å². The molecule has 0 heterocycles. The molecule has 0 aliphatic heterocycles. The van der Waals surface area contributed by atoms with Crippen molar-refractivity contribution < 1.29 is 9.59 Å². The highest BCUT2D eigenvalue weighted by Gasteiger charge is 2.36. The maximum absolute atomic E-state index is 12.5. The molecule has 2 aromatic carbocycles. The van der Waals surface area contributed by atoms with Crippen LogP contribution in [0.2, 0.25) is 10.0 Å². The lowest BCUT2D eigenvalue weighted by molar-refractivity contribution is -0.138. The molecule has 0 fully saturated rings. The molecule has 2 N–H and O–H groups in total. The Morgan fingerprint density at radius 3 is 2.28 bits per heavy atom. The summed E-state index contributed by atoms with van der Waals surface area (Å²) >= 11 is 12.0. The number of amides is 2. The first-order valence-corrected chi connectivity index (χ1v) is 8.56. The van der Waals surface area contributed by atoms with Crippen molar-refractivity contribution in [1.82, 2.24) is 5.32 Å². The van der Waals surface area contributed by atoms with Crippen LogP contribution in [0.1, 0.15) is 25.0 Å². The first-order chi connectivity index (χ1) is 11.7. The van der Waals surface area contributed by atoms with E-state index in [2.05, 4.69) is 10.6 Å². The fourth-order valence-corrected chi connectivity index (χ4v) is 2.42. The lowest BCUT2D eigenvalue weighted by Gasteiger charge is -2.23. The third kappa shape index (κ3) is 4.97. The van der Waals surface area contributed by atoms with Crippen molar-refractivity contribution >= 4 is 40.7 Å². The van der Waals surface area contributed by atoms with E-state index in [0.29, 0.717) is 22.3 Å². The zero-order valence-electron chi connectivity index (χ0n) is 14.3. The van der Waals surface area contributed by atoms with Crippen molar-refractivity contribution in [2.45, 2.75) is 27.3 Å². The van der Waals surface area contributed by atoms with Gasteiger partial charge in [0.2, 0.25) is 11.8 Å². The first kappa shape index (κ1) is 19.3. The molecule has 0 bridgehead atoms. The summed E-state index contributed by atoms with van der Waals surface area (Å²) in [5, 5.41) is 6.26. The Labute approximate surface area is 157 Å². The molecular formula is C19H20Cl2N2O2. The van der Waals surface area contributed by atoms with Gasteiger partial charge in [0.15, 0.2) is 0 Å². The number of nitrogens with one attached hydrogen (secondary N) is 2. The molecule has 2 aromatic rings. The molecule has 0 aliphatic rings. The van der Waals surface area contributed by atoms with E-state index in [0.717, 1.165) is 11.1 Å². The molecule has 0 spiro atoms. The van der Waals surface area contributed by atoms with Crippen LogP contribution in [-0.2, 0) is 16.1 Å². The topological polar surface area (TPSA) is 58.2 Å². The van der Waals surface area contributed by atoms with Gasteiger partial charge in [-0.05, 0) is 44.5 Å². The van der Waals surface area contributed by atoms with Crippen LogP contribution >= 0.6 is 23.2 Å². The minimum atomic E-state index is -1.27. The predicted octanol–water partition coefficient (Wildman–Crippen LogP) is 4.58. The van der Waals surface area contributed by atoms with Crippen LogP contribution in [0.5, 0.6) is 0 Å². The maximum atomic E-state index is 12.5. The average Bonchev–Trinajstić information content (AvgIpc) is 2.57. The number of aryl methyl sites for hydroxylation is 1. The Bertz CT molecular complexity index is 787. The van der Waals surface area contributed by atoms with Crippen molar-refractivity contribution in [3.8, 4) is 0 Å². The highest BCUT2D eigenvalue weighted by atomic mass is 35.5. The molecule has 0 radical (unpaired) electrons. The van der Waals surface area contributed by atoms with E-state index in [9.17, 15) is 9.59 Å². The Balaban J connectivity index is 2.02. The second kappa shape index (κ2) is 7.89. The molecule has 0 saturated heterocycles. The summed E-state index contributed by atoms with van der Waals surface area (Å²) in [7, 11) is 0. The number of benzene rings is 2. The minimum absolute atomic E-state index is 0.355. The lowest BCUT2D eigenvalue weighted by atomic mass is 9.90. The molecule has 132 valence electrons. The fraction of sp³-hybridized carbons (Fsp3) is 0.263. The summed E-state index contributed by atoms with van der Waals surface area (Å²) in [6, 6.07) is 12.6. The fourth-order valence-electron chi connectivity index (χ4n) is 2.08. The van der Waals surface area contributed by atoms with Gasteiger partial charge in [-0.1, -0.05) is 53.0 Å². The zero-order valence-corrected chi connectivity index (χ0v) is 15.8. The van der Waals surface area contributed by atoms with Gasteiger partial charge >= 0.3 is 0 Å². The van der Waals surface area contributed by atoms with Crippen molar-refractivity contribution in [3.05, 3.63) is 63.6 Å². The summed E-state index contributed by atoms with van der Waals surface area (Å²) in [6.45, 7) is 5.47. The van der Waals surface area contributed by atoms with Gasteiger partial charge in [0.25, 0.3) is 0 Å². The molecule has 25 heavy (non-hydrogen) atoms. The molecule has 4 nitrogen and oxygen atoms in total. The number of anilines is 1. The smallest absolute Gasteiger partial charge is 0.239 e. The third-order valence-electron chi connectivity index (χ3n) is 3.89. The van der Waals surface area contributed by atoms with Crippen LogP contribution in [0.3, 0.4) is 0 Å². The van der Waals surface area contributed by atoms with E-state index in [4.69, 9.17) is 23.2 Å². The predicted molar refractivity (Wildman–Crippen MR) is 102 cm³/mol. The second-order valence-electron chi connectivity index (χ2n) is 6.37. The van der Waals surface area contributed by atoms with Crippen LogP contribution in [0.25, 0.3) is 0 Å². The second-order valence-corrected chi connectivity index (χ2v) is 7.22. The largest absolute Gasteiger partial charge is 0.351 e. The molecule has 0 atom stereocenters. The van der Waals surface area contributed by atoms with Gasteiger partial charge in [-0.25, -0.2) is 0 Å². The zero-order chi connectivity index (χ0) is 18.6. The molecule has 0 aromatic heterocycles. The van der Waals surface area contributed by atoms with Gasteiger partial charge in [-0.15, -0.1) is 0 Å². The van der Waals surface area contributed by atoms with E-state index in [1.54, 1.807) is 32.0 Å². The van der Waals surface area contributed by atoms with Crippen LogP contribution in [-0.4, -0.2) is 11.8 Å². The molecule has 0 saturated carbocycles. The quantitative estimate of drug-likeness (QED) is 0.747. The van der Waals surface area contributed by atoms with Crippen LogP contribution in [0, 0.1) is 12.3 Å². The van der Waals surface area contributed by atoms with Gasteiger partial charge in [-0.3, -0.25) is 9.59 Å². The monoisotopic (exact) mass is 378 g/mol. The average molecular weight is 379 g/mol. The molecule has 0 aliphatic carbocycles. The Kier molecular flexibility index (Phi) is 6.09. The summed E-state index contributed by atoms with van der Waals surface area (Å²) in [6.07, 6.45) is 0. The molecule has 2 rings (SSSR count). The van der Waals surface area contributed by atoms with Crippen molar-refractivity contribution in [2.24, 2.45) is 5.41 Å². The molecule has 6 heteroatoms. The van der Waals surface area contributed by atoms with Gasteiger partial charge < -0.3 is 10.6 Å². The summed E-state index contributed by atoms with van der Waals surface area (Å²) < 4.78 is 0. The van der Waals surface area contributed by atoms with Crippen molar-refractivity contribution in [2.75, 3.05) is 5.32 Å². The van der Waals surface area contributed by atoms with E-state index in [1.807, 2.05) is 31.2 Å². The van der Waals surface area contributed by atoms with Crippen molar-refractivity contribution in [1.29, 1.82) is 0 Å². The summed E-state index contributed by atoms with van der Waals surface area (Å²) in [5.74, 6) is -0.832. The van der Waals surface area contributed by atoms with Crippen LogP contribution in [0.15, 0.2) is 42.5 Å². The minimum Gasteiger partial charge on any atom is -0.351 e. The van der Waals surface area contributed by atoms with E-state index in [-0.39, 0.29) is 5.91 Å². The number of halogens is 2. The number of hydrogen-bond donors (Lipinski definition) is 2. The normalized spacial score (nSPS) is 11.1. The SMILES string of the molecule is Cc1ccc(CNC(=O)C(C)(C)C(=O)Nc2cc(Cl)ccc2Cl)cc1. The van der Waals surface area contributed by atoms with Gasteiger partial charge in [0.05, 0.1) is 10.7 Å². The highest BCUT2D eigenvalue weighted by Crippen LogP contribution is 2.27. The first-order valence-electron chi connectivity index (χ1n) is 7.80. The van der Waals surface area contributed by atoms with Gasteiger partial charge in [0, 0.05) is 11.6 Å². The number of rotatable bonds is 5. The number of carbonyl (C=O) groups excluding carboxylic acids is 2. The van der Waals surface area contributed by atoms with Gasteiger partial charge in [0.1, 0.15) is 5.41 Å². The number of carbonyl (C=O) groups is 2. The summed E-state index contributed by atoms with van der Waals surface area (Å²) in [4.78, 5) is 25.0. The molecule has 2 amide bonds. The van der Waals surface area contributed by atoms with E-state index >= 15 is 0 Å². The van der Waals surface area contributed by atoms with Crippen LogP contribution in [0.4, 0.5) is 5.69 Å². The standard InChI is InChI=1S/C19H20Cl2N2O2/c1-12-4-6-13(7-5-12)11-22-17(24)19(2,3)18(25)23-16-10-14(20)8-9-15(16)21/h4-10H,11H2,1-3H3,(H,22,24)(H,23,25).